The molecule has 110 valence electrons. The van der Waals surface area contributed by atoms with Crippen molar-refractivity contribution >= 4 is 5.78 Å². The van der Waals surface area contributed by atoms with Crippen LogP contribution in [0, 0.1) is 6.92 Å². The average molecular weight is 293 g/mol. The van der Waals surface area contributed by atoms with E-state index in [0.29, 0.717) is 17.5 Å². The lowest BCUT2D eigenvalue weighted by Crippen LogP contribution is -2.10. The van der Waals surface area contributed by atoms with E-state index in [0.717, 1.165) is 17.7 Å². The monoisotopic (exact) mass is 293 g/mol. The zero-order chi connectivity index (χ0) is 15.6. The van der Waals surface area contributed by atoms with E-state index in [-0.39, 0.29) is 11.3 Å². The number of hydrogen-bond donors (Lipinski definition) is 0. The summed E-state index contributed by atoms with van der Waals surface area (Å²) in [5.74, 6) is -0.277. The molecule has 0 bridgehead atoms. The van der Waals surface area contributed by atoms with E-state index in [1.165, 1.54) is 19.2 Å². The van der Waals surface area contributed by atoms with E-state index in [4.69, 9.17) is 0 Å². The summed E-state index contributed by atoms with van der Waals surface area (Å²) >= 11 is 0. The summed E-state index contributed by atoms with van der Waals surface area (Å²) in [7, 11) is 0. The van der Waals surface area contributed by atoms with Gasteiger partial charge in [-0.3, -0.25) is 9.78 Å². The maximum absolute atomic E-state index is 12.6. The number of nitrogens with zero attached hydrogens (tertiary/aromatic N) is 1. The van der Waals surface area contributed by atoms with Gasteiger partial charge >= 0.3 is 6.18 Å². The van der Waals surface area contributed by atoms with Crippen molar-refractivity contribution in [3.8, 4) is 0 Å². The molecule has 0 spiro atoms. The smallest absolute Gasteiger partial charge is 0.289 e. The van der Waals surface area contributed by atoms with Crippen LogP contribution in [0.25, 0.3) is 0 Å². The predicted octanol–water partition coefficient (Wildman–Crippen LogP) is 4.20. The highest BCUT2D eigenvalue weighted by Crippen LogP contribution is 2.31. The van der Waals surface area contributed by atoms with Gasteiger partial charge in [0.2, 0.25) is 0 Å². The van der Waals surface area contributed by atoms with Crippen LogP contribution < -0.4 is 0 Å². The van der Waals surface area contributed by atoms with E-state index in [1.54, 1.807) is 12.3 Å². The molecular weight excluding hydrogens is 279 g/mol. The second-order valence-electron chi connectivity index (χ2n) is 4.74. The number of ketones is 1. The third-order valence-corrected chi connectivity index (χ3v) is 3.33. The molecule has 2 nitrogen and oxygen atoms in total. The molecule has 0 saturated carbocycles. The fourth-order valence-corrected chi connectivity index (χ4v) is 2.17. The number of carbonyl (C=O) groups is 1. The Balaban J connectivity index is 2.45. The van der Waals surface area contributed by atoms with Crippen molar-refractivity contribution in [2.24, 2.45) is 0 Å². The van der Waals surface area contributed by atoms with E-state index in [9.17, 15) is 18.0 Å². The Bertz CT molecular complexity index is 677. The second kappa shape index (κ2) is 5.68. The quantitative estimate of drug-likeness (QED) is 0.794. The lowest BCUT2D eigenvalue weighted by atomic mass is 9.94. The number of carbonyl (C=O) groups excluding carboxylic acids is 1. The molecule has 0 aliphatic heterocycles. The van der Waals surface area contributed by atoms with Crippen molar-refractivity contribution in [3.63, 3.8) is 0 Å². The molecule has 5 heteroatoms. The number of pyridine rings is 1. The van der Waals surface area contributed by atoms with Crippen molar-refractivity contribution in [2.45, 2.75) is 26.4 Å². The van der Waals surface area contributed by atoms with Crippen molar-refractivity contribution in [2.75, 3.05) is 0 Å². The van der Waals surface area contributed by atoms with E-state index >= 15 is 0 Å². The Morgan fingerprint density at radius 1 is 1.19 bits per heavy atom. The number of benzene rings is 1. The normalized spacial score (nSPS) is 11.5. The van der Waals surface area contributed by atoms with E-state index in [1.807, 2.05) is 6.92 Å². The summed E-state index contributed by atoms with van der Waals surface area (Å²) in [6, 6.07) is 4.77. The van der Waals surface area contributed by atoms with Crippen LogP contribution in [-0.4, -0.2) is 10.8 Å². The predicted molar refractivity (Wildman–Crippen MR) is 73.2 cm³/mol. The summed E-state index contributed by atoms with van der Waals surface area (Å²) in [6.45, 7) is 3.41. The number of halogens is 3. The zero-order valence-corrected chi connectivity index (χ0v) is 11.7. The van der Waals surface area contributed by atoms with Crippen LogP contribution in [0.3, 0.4) is 0 Å². The van der Waals surface area contributed by atoms with Gasteiger partial charge in [-0.15, -0.1) is 0 Å². The Labute approximate surface area is 120 Å². The first-order valence-corrected chi connectivity index (χ1v) is 6.50. The Morgan fingerprint density at radius 2 is 1.90 bits per heavy atom. The van der Waals surface area contributed by atoms with E-state index < -0.39 is 11.7 Å². The highest BCUT2D eigenvalue weighted by molar-refractivity contribution is 6.10. The molecule has 0 fully saturated rings. The number of alkyl halides is 3. The molecule has 0 aliphatic carbocycles. The number of aryl methyl sites for hydroxylation is 2. The summed E-state index contributed by atoms with van der Waals surface area (Å²) in [5.41, 5.74) is 1.11. The number of rotatable bonds is 3. The lowest BCUT2D eigenvalue weighted by molar-refractivity contribution is -0.137. The molecule has 2 rings (SSSR count). The zero-order valence-electron chi connectivity index (χ0n) is 11.7. The standard InChI is InChI=1S/C16H14F3NO/c1-3-11-9-20-7-6-14(11)15(21)13-5-4-12(8-10(13)2)16(17,18)19/h4-9H,3H2,1-2H3. The molecule has 1 heterocycles. The van der Waals surface area contributed by atoms with Crippen molar-refractivity contribution in [3.05, 3.63) is 64.5 Å². The molecule has 21 heavy (non-hydrogen) atoms. The SMILES string of the molecule is CCc1cnccc1C(=O)c1ccc(C(F)(F)F)cc1C. The van der Waals surface area contributed by atoms with Crippen LogP contribution in [0.15, 0.2) is 36.7 Å². The van der Waals surface area contributed by atoms with Crippen molar-refractivity contribution < 1.29 is 18.0 Å². The minimum atomic E-state index is -4.41. The fraction of sp³-hybridized carbons (Fsp3) is 0.250. The first-order valence-electron chi connectivity index (χ1n) is 6.50. The van der Waals surface area contributed by atoms with Crippen LogP contribution in [0.2, 0.25) is 0 Å². The van der Waals surface area contributed by atoms with Gasteiger partial charge in [-0.2, -0.15) is 13.2 Å². The molecular formula is C16H14F3NO. The molecule has 0 aliphatic rings. The molecule has 0 atom stereocenters. The second-order valence-corrected chi connectivity index (χ2v) is 4.74. The van der Waals surface area contributed by atoms with Gasteiger partial charge in [-0.1, -0.05) is 13.0 Å². The van der Waals surface area contributed by atoms with Crippen molar-refractivity contribution in [1.29, 1.82) is 0 Å². The molecule has 0 N–H and O–H groups in total. The highest BCUT2D eigenvalue weighted by atomic mass is 19.4. The van der Waals surface area contributed by atoms with Gasteiger partial charge in [-0.05, 0) is 42.7 Å². The summed E-state index contributed by atoms with van der Waals surface area (Å²) in [4.78, 5) is 16.5. The number of aromatic nitrogens is 1. The summed E-state index contributed by atoms with van der Waals surface area (Å²) in [5, 5.41) is 0. The van der Waals surface area contributed by atoms with Gasteiger partial charge in [0.15, 0.2) is 5.78 Å². The van der Waals surface area contributed by atoms with Gasteiger partial charge in [0.05, 0.1) is 5.56 Å². The molecule has 0 saturated heterocycles. The molecule has 1 aromatic carbocycles. The minimum absolute atomic E-state index is 0.277. The van der Waals surface area contributed by atoms with Crippen LogP contribution in [0.5, 0.6) is 0 Å². The molecule has 2 aromatic rings. The Kier molecular flexibility index (Phi) is 4.11. The largest absolute Gasteiger partial charge is 0.416 e. The first-order chi connectivity index (χ1) is 9.84. The molecule has 0 amide bonds. The molecule has 1 aromatic heterocycles. The minimum Gasteiger partial charge on any atom is -0.289 e. The molecule has 0 radical (unpaired) electrons. The lowest BCUT2D eigenvalue weighted by Gasteiger charge is -2.12. The van der Waals surface area contributed by atoms with Crippen molar-refractivity contribution in [1.82, 2.24) is 4.98 Å². The van der Waals surface area contributed by atoms with Crippen LogP contribution >= 0.6 is 0 Å². The molecule has 0 unspecified atom stereocenters. The fourth-order valence-electron chi connectivity index (χ4n) is 2.17. The third-order valence-electron chi connectivity index (χ3n) is 3.33. The Hall–Kier alpha value is -2.17. The van der Waals surface area contributed by atoms with Gasteiger partial charge in [-0.25, -0.2) is 0 Å². The van der Waals surface area contributed by atoms with Gasteiger partial charge in [0, 0.05) is 23.5 Å². The summed E-state index contributed by atoms with van der Waals surface area (Å²) < 4.78 is 37.9. The average Bonchev–Trinajstić information content (AvgIpc) is 2.45. The third kappa shape index (κ3) is 3.12. The van der Waals surface area contributed by atoms with Crippen LogP contribution in [0.4, 0.5) is 13.2 Å². The maximum Gasteiger partial charge on any atom is 0.416 e. The first kappa shape index (κ1) is 15.2. The van der Waals surface area contributed by atoms with Crippen LogP contribution in [-0.2, 0) is 12.6 Å². The van der Waals surface area contributed by atoms with Gasteiger partial charge in [0.25, 0.3) is 0 Å². The topological polar surface area (TPSA) is 30.0 Å². The number of hydrogen-bond acceptors (Lipinski definition) is 2. The summed E-state index contributed by atoms with van der Waals surface area (Å²) in [6.07, 6.45) is -0.662. The van der Waals surface area contributed by atoms with E-state index in [2.05, 4.69) is 4.98 Å². The van der Waals surface area contributed by atoms with Gasteiger partial charge < -0.3 is 0 Å². The van der Waals surface area contributed by atoms with Gasteiger partial charge in [0.1, 0.15) is 0 Å². The highest BCUT2D eigenvalue weighted by Gasteiger charge is 2.31. The maximum atomic E-state index is 12.6. The Morgan fingerprint density at radius 3 is 2.48 bits per heavy atom. The van der Waals surface area contributed by atoms with Crippen LogP contribution in [0.1, 0.15) is 39.5 Å².